The largest absolute Gasteiger partial charge is 0.224 e. The fourth-order valence-electron chi connectivity index (χ4n) is 2.90. The first-order valence-corrected chi connectivity index (χ1v) is 10.3. The van der Waals surface area contributed by atoms with E-state index in [1.165, 1.54) is 17.4 Å². The van der Waals surface area contributed by atoms with Crippen LogP contribution in [0, 0.1) is 0 Å². The molecule has 0 spiro atoms. The lowest BCUT2D eigenvalue weighted by atomic mass is 9.96. The molecule has 1 aliphatic carbocycles. The van der Waals surface area contributed by atoms with E-state index in [0.29, 0.717) is 4.90 Å². The Kier molecular flexibility index (Phi) is 6.25. The number of halogens is 1. The Morgan fingerprint density at radius 2 is 1.92 bits per heavy atom. The highest BCUT2D eigenvalue weighted by Crippen LogP contribution is 2.38. The van der Waals surface area contributed by atoms with Gasteiger partial charge in [0.2, 0.25) is 0 Å². The third kappa shape index (κ3) is 4.71. The maximum Gasteiger partial charge on any atom is 0.175 e. The summed E-state index contributed by atoms with van der Waals surface area (Å²) in [4.78, 5) is 0.351. The first-order chi connectivity index (χ1) is 11.3. The zero-order valence-electron chi connectivity index (χ0n) is 14.1. The fraction of sp³-hybridized carbons (Fsp3) is 0.300. The summed E-state index contributed by atoms with van der Waals surface area (Å²) in [6.45, 7) is 5.73. The van der Waals surface area contributed by atoms with Crippen LogP contribution in [-0.4, -0.2) is 20.1 Å². The third-order valence-corrected chi connectivity index (χ3v) is 5.31. The quantitative estimate of drug-likeness (QED) is 0.506. The number of hydrogen-bond acceptors (Lipinski definition) is 2. The van der Waals surface area contributed by atoms with Crippen molar-refractivity contribution in [1.29, 1.82) is 0 Å². The van der Waals surface area contributed by atoms with Crippen LogP contribution in [0.5, 0.6) is 0 Å². The van der Waals surface area contributed by atoms with Crippen molar-refractivity contribution in [3.63, 3.8) is 0 Å². The van der Waals surface area contributed by atoms with Crippen molar-refractivity contribution < 1.29 is 8.42 Å². The van der Waals surface area contributed by atoms with Gasteiger partial charge in [0.05, 0.1) is 4.90 Å². The maximum absolute atomic E-state index is 11.6. The summed E-state index contributed by atoms with van der Waals surface area (Å²) in [7, 11) is -3.17. The van der Waals surface area contributed by atoms with Crippen LogP contribution in [0.2, 0.25) is 0 Å². The summed E-state index contributed by atoms with van der Waals surface area (Å²) >= 11 is 6.03. The van der Waals surface area contributed by atoms with Gasteiger partial charge in [-0.15, -0.1) is 11.6 Å². The zero-order chi connectivity index (χ0) is 17.7. The van der Waals surface area contributed by atoms with Crippen molar-refractivity contribution in [3.05, 3.63) is 71.9 Å². The van der Waals surface area contributed by atoms with Crippen molar-refractivity contribution in [2.45, 2.75) is 36.5 Å². The molecule has 2 nitrogen and oxygen atoms in total. The molecule has 0 aliphatic heterocycles. The van der Waals surface area contributed by atoms with Crippen molar-refractivity contribution in [1.82, 2.24) is 0 Å². The van der Waals surface area contributed by atoms with Gasteiger partial charge in [0.25, 0.3) is 0 Å². The van der Waals surface area contributed by atoms with Gasteiger partial charge in [0.15, 0.2) is 9.84 Å². The molecule has 4 heteroatoms. The van der Waals surface area contributed by atoms with Crippen molar-refractivity contribution in [2.75, 3.05) is 6.26 Å². The molecule has 0 bridgehead atoms. The molecule has 24 heavy (non-hydrogen) atoms. The maximum atomic E-state index is 11.6. The SMILES string of the molecule is C=C/C=C(\C=C/C(C)Cl)C1=C(c2ccc(S(C)(=O)=O)cc2)CCC1. The molecule has 1 atom stereocenters. The van der Waals surface area contributed by atoms with Crippen LogP contribution in [0.25, 0.3) is 5.57 Å². The molecule has 0 amide bonds. The van der Waals surface area contributed by atoms with Crippen LogP contribution < -0.4 is 0 Å². The van der Waals surface area contributed by atoms with Crippen LogP contribution in [-0.2, 0) is 9.84 Å². The Hall–Kier alpha value is -1.58. The molecular weight excluding hydrogens is 340 g/mol. The number of allylic oxidation sites excluding steroid dienone is 7. The minimum absolute atomic E-state index is 0.0299. The molecule has 0 saturated heterocycles. The molecule has 1 aromatic rings. The second-order valence-corrected chi connectivity index (χ2v) is 8.71. The van der Waals surface area contributed by atoms with Gasteiger partial charge in [0, 0.05) is 11.6 Å². The van der Waals surface area contributed by atoms with Crippen LogP contribution in [0.4, 0.5) is 0 Å². The molecule has 1 aliphatic rings. The molecule has 1 aromatic carbocycles. The van der Waals surface area contributed by atoms with E-state index in [9.17, 15) is 8.42 Å². The van der Waals surface area contributed by atoms with E-state index in [-0.39, 0.29) is 5.38 Å². The van der Waals surface area contributed by atoms with Crippen molar-refractivity contribution in [3.8, 4) is 0 Å². The van der Waals surface area contributed by atoms with E-state index in [2.05, 4.69) is 6.58 Å². The molecule has 1 unspecified atom stereocenters. The topological polar surface area (TPSA) is 34.1 Å². The molecule has 0 saturated carbocycles. The van der Waals surface area contributed by atoms with E-state index < -0.39 is 9.84 Å². The van der Waals surface area contributed by atoms with Crippen LogP contribution in [0.1, 0.15) is 31.7 Å². The smallest absolute Gasteiger partial charge is 0.175 e. The van der Waals surface area contributed by atoms with Crippen LogP contribution in [0.3, 0.4) is 0 Å². The van der Waals surface area contributed by atoms with Gasteiger partial charge in [-0.2, -0.15) is 0 Å². The molecule has 0 N–H and O–H groups in total. The Bertz CT molecular complexity index is 795. The highest BCUT2D eigenvalue weighted by molar-refractivity contribution is 7.90. The number of rotatable bonds is 6. The van der Waals surface area contributed by atoms with Gasteiger partial charge >= 0.3 is 0 Å². The normalized spacial score (nSPS) is 17.5. The van der Waals surface area contributed by atoms with Gasteiger partial charge in [0.1, 0.15) is 0 Å². The summed E-state index contributed by atoms with van der Waals surface area (Å²) < 4.78 is 23.2. The third-order valence-electron chi connectivity index (χ3n) is 4.04. The number of sulfone groups is 1. The average Bonchev–Trinajstić information content (AvgIpc) is 3.00. The molecule has 0 radical (unpaired) electrons. The second-order valence-electron chi connectivity index (χ2n) is 6.00. The number of hydrogen-bond donors (Lipinski definition) is 0. The number of benzene rings is 1. The highest BCUT2D eigenvalue weighted by atomic mass is 35.5. The van der Waals surface area contributed by atoms with Gasteiger partial charge < -0.3 is 0 Å². The van der Waals surface area contributed by atoms with Gasteiger partial charge in [-0.3, -0.25) is 0 Å². The summed E-state index contributed by atoms with van der Waals surface area (Å²) in [5, 5.41) is -0.0299. The first kappa shape index (κ1) is 18.8. The van der Waals surface area contributed by atoms with E-state index in [4.69, 9.17) is 11.6 Å². The molecular formula is C20H23ClO2S. The zero-order valence-corrected chi connectivity index (χ0v) is 15.7. The summed E-state index contributed by atoms with van der Waals surface area (Å²) in [6, 6.07) is 7.16. The van der Waals surface area contributed by atoms with E-state index >= 15 is 0 Å². The Morgan fingerprint density at radius 3 is 2.46 bits per heavy atom. The van der Waals surface area contributed by atoms with Gasteiger partial charge in [-0.25, -0.2) is 8.42 Å². The summed E-state index contributed by atoms with van der Waals surface area (Å²) in [5.41, 5.74) is 4.76. The monoisotopic (exact) mass is 362 g/mol. The van der Waals surface area contributed by atoms with Crippen molar-refractivity contribution >= 4 is 27.0 Å². The van der Waals surface area contributed by atoms with Crippen molar-refractivity contribution in [2.24, 2.45) is 0 Å². The number of alkyl halides is 1. The summed E-state index contributed by atoms with van der Waals surface area (Å²) in [6.07, 6.45) is 12.1. The Labute approximate surface area is 150 Å². The molecule has 0 fully saturated rings. The molecule has 0 aromatic heterocycles. The second kappa shape index (κ2) is 8.00. The first-order valence-electron chi connectivity index (χ1n) is 8.01. The fourth-order valence-corrected chi connectivity index (χ4v) is 3.61. The van der Waals surface area contributed by atoms with E-state index in [0.717, 1.165) is 30.4 Å². The predicted octanol–water partition coefficient (Wildman–Crippen LogP) is 5.32. The van der Waals surface area contributed by atoms with Gasteiger partial charge in [-0.1, -0.05) is 43.0 Å². The van der Waals surface area contributed by atoms with E-state index in [1.807, 2.05) is 37.3 Å². The van der Waals surface area contributed by atoms with Crippen LogP contribution >= 0.6 is 11.6 Å². The lowest BCUT2D eigenvalue weighted by molar-refractivity contribution is 0.602. The molecule has 0 heterocycles. The molecule has 128 valence electrons. The predicted molar refractivity (Wildman–Crippen MR) is 103 cm³/mol. The minimum atomic E-state index is -3.17. The minimum Gasteiger partial charge on any atom is -0.224 e. The molecule has 2 rings (SSSR count). The van der Waals surface area contributed by atoms with Crippen LogP contribution in [0.15, 0.2) is 71.2 Å². The average molecular weight is 363 g/mol. The highest BCUT2D eigenvalue weighted by Gasteiger charge is 2.18. The van der Waals surface area contributed by atoms with E-state index in [1.54, 1.807) is 18.2 Å². The summed E-state index contributed by atoms with van der Waals surface area (Å²) in [5.74, 6) is 0. The lowest BCUT2D eigenvalue weighted by Gasteiger charge is -2.10. The standard InChI is InChI=1S/C20H23ClO2S/c1-4-6-16(10-9-15(2)21)19-7-5-8-20(19)17-11-13-18(14-12-17)24(3,22)23/h4,6,9-15H,1,5,7-8H2,2-3H3/b10-9-,16-6+. The van der Waals surface area contributed by atoms with Gasteiger partial charge in [-0.05, 0) is 60.6 Å². The Morgan fingerprint density at radius 1 is 1.25 bits per heavy atom. The lowest BCUT2D eigenvalue weighted by Crippen LogP contribution is -1.97. The Balaban J connectivity index is 2.44.